The van der Waals surface area contributed by atoms with Gasteiger partial charge in [-0.1, -0.05) is 17.6 Å². The van der Waals surface area contributed by atoms with Gasteiger partial charge in [0, 0.05) is 28.2 Å². The summed E-state index contributed by atoms with van der Waals surface area (Å²) in [5, 5.41) is 0. The summed E-state index contributed by atoms with van der Waals surface area (Å²) in [6, 6.07) is 5.95. The van der Waals surface area contributed by atoms with Gasteiger partial charge in [-0.3, -0.25) is 0 Å². The second-order valence-electron chi connectivity index (χ2n) is 3.50. The zero-order valence-electron chi connectivity index (χ0n) is 8.70. The minimum Gasteiger partial charge on any atom is -0.376 e. The number of hydrogen-bond acceptors (Lipinski definition) is 2. The van der Waals surface area contributed by atoms with Crippen molar-refractivity contribution >= 4 is 24.7 Å². The van der Waals surface area contributed by atoms with Gasteiger partial charge >= 0.3 is 0 Å². The zero-order chi connectivity index (χ0) is 10.0. The predicted octanol–water partition coefficient (Wildman–Crippen LogP) is 0.612. The van der Waals surface area contributed by atoms with Gasteiger partial charge in [-0.05, 0) is 6.07 Å². The van der Waals surface area contributed by atoms with Crippen molar-refractivity contribution in [3.8, 4) is 0 Å². The van der Waals surface area contributed by atoms with Crippen LogP contribution >= 0.6 is 0 Å². The smallest absolute Gasteiger partial charge is 0.116 e. The second-order valence-corrected chi connectivity index (χ2v) is 3.50. The number of hydrogen-bond donors (Lipinski definition) is 0. The largest absolute Gasteiger partial charge is 0.376 e. The lowest BCUT2D eigenvalue weighted by molar-refractivity contribution is 1.08. The summed E-state index contributed by atoms with van der Waals surface area (Å²) in [4.78, 5) is 4.09. The molecular weight excluding hydrogens is 159 g/mol. The van der Waals surface area contributed by atoms with Crippen LogP contribution in [0, 0.1) is 0 Å². The first kappa shape index (κ1) is 9.97. The van der Waals surface area contributed by atoms with Crippen molar-refractivity contribution < 1.29 is 0 Å². The lowest BCUT2D eigenvalue weighted by Gasteiger charge is -2.24. The SMILES string of the molecule is [B]c1cccc(N(C)C)c1N(C)C. The van der Waals surface area contributed by atoms with Gasteiger partial charge < -0.3 is 9.80 Å². The first-order valence-electron chi connectivity index (χ1n) is 4.27. The summed E-state index contributed by atoms with van der Waals surface area (Å²) >= 11 is 0. The molecule has 2 radical (unpaired) electrons. The van der Waals surface area contributed by atoms with Gasteiger partial charge in [-0.2, -0.15) is 0 Å². The van der Waals surface area contributed by atoms with Gasteiger partial charge in [0.15, 0.2) is 0 Å². The molecule has 0 aromatic heterocycles. The van der Waals surface area contributed by atoms with Crippen LogP contribution in [0.15, 0.2) is 18.2 Å². The fraction of sp³-hybridized carbons (Fsp3) is 0.400. The highest BCUT2D eigenvalue weighted by molar-refractivity contribution is 6.36. The van der Waals surface area contributed by atoms with E-state index in [0.29, 0.717) is 0 Å². The van der Waals surface area contributed by atoms with Crippen LogP contribution in [-0.4, -0.2) is 36.0 Å². The van der Waals surface area contributed by atoms with E-state index in [0.717, 1.165) is 16.8 Å². The average Bonchev–Trinajstić information content (AvgIpc) is 2.02. The van der Waals surface area contributed by atoms with E-state index < -0.39 is 0 Å². The fourth-order valence-corrected chi connectivity index (χ4v) is 1.40. The molecule has 0 saturated heterocycles. The molecule has 0 spiro atoms. The zero-order valence-corrected chi connectivity index (χ0v) is 8.70. The van der Waals surface area contributed by atoms with Crippen LogP contribution in [0.5, 0.6) is 0 Å². The molecule has 0 aliphatic heterocycles. The number of anilines is 2. The molecule has 0 heterocycles. The van der Waals surface area contributed by atoms with E-state index in [1.54, 1.807) is 0 Å². The van der Waals surface area contributed by atoms with Crippen LogP contribution < -0.4 is 15.3 Å². The minimum absolute atomic E-state index is 0.816. The molecule has 1 aromatic rings. The second kappa shape index (κ2) is 3.73. The Morgan fingerprint density at radius 2 is 1.62 bits per heavy atom. The van der Waals surface area contributed by atoms with Gasteiger partial charge in [0.2, 0.25) is 0 Å². The number of benzene rings is 1. The highest BCUT2D eigenvalue weighted by atomic mass is 15.1. The van der Waals surface area contributed by atoms with E-state index in [-0.39, 0.29) is 0 Å². The minimum atomic E-state index is 0.816. The Kier molecular flexibility index (Phi) is 2.86. The Morgan fingerprint density at radius 3 is 2.00 bits per heavy atom. The third-order valence-corrected chi connectivity index (χ3v) is 1.97. The van der Waals surface area contributed by atoms with E-state index in [2.05, 4.69) is 11.0 Å². The summed E-state index contributed by atoms with van der Waals surface area (Å²) in [6.45, 7) is 0. The Morgan fingerprint density at radius 1 is 1.00 bits per heavy atom. The van der Waals surface area contributed by atoms with Gasteiger partial charge in [-0.25, -0.2) is 0 Å². The summed E-state index contributed by atoms with van der Waals surface area (Å²) in [6.07, 6.45) is 0. The Bertz CT molecular complexity index is 295. The Hall–Kier alpha value is -1.12. The van der Waals surface area contributed by atoms with Gasteiger partial charge in [-0.15, -0.1) is 0 Å². The summed E-state index contributed by atoms with van der Waals surface area (Å²) in [7, 11) is 13.9. The van der Waals surface area contributed by atoms with E-state index >= 15 is 0 Å². The highest BCUT2D eigenvalue weighted by Crippen LogP contribution is 2.23. The van der Waals surface area contributed by atoms with Crippen molar-refractivity contribution in [2.24, 2.45) is 0 Å². The molecule has 0 amide bonds. The lowest BCUT2D eigenvalue weighted by Crippen LogP contribution is -2.23. The molecule has 0 saturated carbocycles. The van der Waals surface area contributed by atoms with Crippen molar-refractivity contribution in [2.45, 2.75) is 0 Å². The van der Waals surface area contributed by atoms with E-state index in [1.807, 2.05) is 45.2 Å². The van der Waals surface area contributed by atoms with Crippen molar-refractivity contribution in [1.82, 2.24) is 0 Å². The molecule has 0 fully saturated rings. The molecule has 3 heteroatoms. The van der Waals surface area contributed by atoms with Crippen molar-refractivity contribution in [2.75, 3.05) is 38.0 Å². The molecule has 2 nitrogen and oxygen atoms in total. The quantitative estimate of drug-likeness (QED) is 0.606. The number of rotatable bonds is 2. The van der Waals surface area contributed by atoms with E-state index in [1.165, 1.54) is 0 Å². The van der Waals surface area contributed by atoms with Gasteiger partial charge in [0.1, 0.15) is 7.85 Å². The van der Waals surface area contributed by atoms with Crippen molar-refractivity contribution in [1.29, 1.82) is 0 Å². The first-order chi connectivity index (χ1) is 6.04. The Labute approximate surface area is 81.6 Å². The topological polar surface area (TPSA) is 6.48 Å². The van der Waals surface area contributed by atoms with Crippen LogP contribution in [0.4, 0.5) is 11.4 Å². The Balaban J connectivity index is 3.26. The molecule has 0 aliphatic carbocycles. The maximum atomic E-state index is 5.89. The summed E-state index contributed by atoms with van der Waals surface area (Å²) in [5.74, 6) is 0. The van der Waals surface area contributed by atoms with Crippen LogP contribution in [0.3, 0.4) is 0 Å². The average molecular weight is 174 g/mol. The molecule has 1 rings (SSSR count). The third-order valence-electron chi connectivity index (χ3n) is 1.97. The monoisotopic (exact) mass is 174 g/mol. The van der Waals surface area contributed by atoms with Crippen LogP contribution in [-0.2, 0) is 0 Å². The first-order valence-corrected chi connectivity index (χ1v) is 4.27. The standard InChI is InChI=1S/C10H15BN2/c1-12(2)9-7-5-6-8(11)10(9)13(3)4/h5-7H,1-4H3. The number of nitrogens with zero attached hydrogens (tertiary/aromatic N) is 2. The van der Waals surface area contributed by atoms with Crippen LogP contribution in [0.2, 0.25) is 0 Å². The summed E-state index contributed by atoms with van der Waals surface area (Å²) in [5.41, 5.74) is 3.04. The maximum Gasteiger partial charge on any atom is 0.116 e. The molecule has 13 heavy (non-hydrogen) atoms. The van der Waals surface area contributed by atoms with E-state index in [4.69, 9.17) is 7.85 Å². The third kappa shape index (κ3) is 1.97. The molecular formula is C10H15BN2. The van der Waals surface area contributed by atoms with Gasteiger partial charge in [0.25, 0.3) is 0 Å². The van der Waals surface area contributed by atoms with Crippen LogP contribution in [0.1, 0.15) is 0 Å². The molecule has 0 N–H and O–H groups in total. The molecule has 68 valence electrons. The van der Waals surface area contributed by atoms with Crippen LogP contribution in [0.25, 0.3) is 0 Å². The van der Waals surface area contributed by atoms with E-state index in [9.17, 15) is 0 Å². The van der Waals surface area contributed by atoms with Crippen molar-refractivity contribution in [3.05, 3.63) is 18.2 Å². The number of para-hydroxylation sites is 1. The van der Waals surface area contributed by atoms with Crippen molar-refractivity contribution in [3.63, 3.8) is 0 Å². The molecule has 0 unspecified atom stereocenters. The predicted molar refractivity (Wildman–Crippen MR) is 60.5 cm³/mol. The summed E-state index contributed by atoms with van der Waals surface area (Å²) < 4.78 is 0. The molecule has 0 bridgehead atoms. The highest BCUT2D eigenvalue weighted by Gasteiger charge is 2.07. The molecule has 0 atom stereocenters. The molecule has 1 aromatic carbocycles. The normalized spacial score (nSPS) is 9.85. The lowest BCUT2D eigenvalue weighted by atomic mass is 9.92. The molecule has 0 aliphatic rings. The van der Waals surface area contributed by atoms with Gasteiger partial charge in [0.05, 0.1) is 11.4 Å². The maximum absolute atomic E-state index is 5.89. The fourth-order valence-electron chi connectivity index (χ4n) is 1.40.